The molecule has 1 aliphatic heterocycles. The van der Waals surface area contributed by atoms with Crippen molar-refractivity contribution < 1.29 is 4.79 Å². The number of nitrogens with zero attached hydrogens (tertiary/aromatic N) is 4. The highest BCUT2D eigenvalue weighted by Crippen LogP contribution is 2.27. The van der Waals surface area contributed by atoms with E-state index in [-0.39, 0.29) is 5.91 Å². The van der Waals surface area contributed by atoms with Crippen molar-refractivity contribution in [2.24, 2.45) is 0 Å². The van der Waals surface area contributed by atoms with E-state index in [0.717, 1.165) is 29.5 Å². The fraction of sp³-hybridized carbons (Fsp3) is 0.550. The van der Waals surface area contributed by atoms with Crippen LogP contribution in [0.3, 0.4) is 0 Å². The zero-order valence-electron chi connectivity index (χ0n) is 16.3. The molecule has 0 spiro atoms. The summed E-state index contributed by atoms with van der Waals surface area (Å²) >= 11 is 1.48. The molecule has 2 heterocycles. The summed E-state index contributed by atoms with van der Waals surface area (Å²) in [6.45, 7) is 10.5. The number of aryl methyl sites for hydroxylation is 3. The number of aromatic nitrogens is 3. The first-order valence-electron chi connectivity index (χ1n) is 9.32. The summed E-state index contributed by atoms with van der Waals surface area (Å²) in [5.74, 6) is 1.43. The molecule has 2 atom stereocenters. The van der Waals surface area contributed by atoms with Crippen LogP contribution in [0.4, 0.5) is 0 Å². The highest BCUT2D eigenvalue weighted by Gasteiger charge is 2.29. The van der Waals surface area contributed by atoms with Crippen LogP contribution in [0.5, 0.6) is 0 Å². The lowest BCUT2D eigenvalue weighted by Crippen LogP contribution is -2.48. The number of carbonyl (C=O) groups is 1. The van der Waals surface area contributed by atoms with Crippen LogP contribution >= 0.6 is 11.8 Å². The Balaban J connectivity index is 1.77. The van der Waals surface area contributed by atoms with E-state index in [9.17, 15) is 4.79 Å². The van der Waals surface area contributed by atoms with E-state index in [4.69, 9.17) is 0 Å². The van der Waals surface area contributed by atoms with Gasteiger partial charge in [0, 0.05) is 17.8 Å². The van der Waals surface area contributed by atoms with Crippen molar-refractivity contribution >= 4 is 17.7 Å². The van der Waals surface area contributed by atoms with Gasteiger partial charge in [0.15, 0.2) is 5.16 Å². The summed E-state index contributed by atoms with van der Waals surface area (Å²) in [6.07, 6.45) is 3.40. The van der Waals surface area contributed by atoms with Crippen molar-refractivity contribution in [1.29, 1.82) is 0 Å². The van der Waals surface area contributed by atoms with Crippen LogP contribution in [0.25, 0.3) is 5.69 Å². The van der Waals surface area contributed by atoms with Crippen molar-refractivity contribution in [3.63, 3.8) is 0 Å². The van der Waals surface area contributed by atoms with Gasteiger partial charge in [0.05, 0.1) is 5.75 Å². The molecular formula is C20H28N4OS. The molecule has 3 rings (SSSR count). The molecule has 0 bridgehead atoms. The standard InChI is InChI=1S/C20H28N4OS/c1-13-9-10-18(11-14(13)2)24-17(5)21-22-20(24)26-12-19(25)23-15(3)7-6-8-16(23)4/h9-11,15-16H,6-8,12H2,1-5H3/t15-,16-/m1/s1. The molecule has 1 saturated heterocycles. The average Bonchev–Trinajstić information content (AvgIpc) is 2.96. The monoisotopic (exact) mass is 372 g/mol. The second-order valence-corrected chi connectivity index (χ2v) is 8.29. The van der Waals surface area contributed by atoms with Gasteiger partial charge in [-0.1, -0.05) is 17.8 Å². The van der Waals surface area contributed by atoms with Gasteiger partial charge in [-0.3, -0.25) is 9.36 Å². The quantitative estimate of drug-likeness (QED) is 0.759. The topological polar surface area (TPSA) is 51.0 Å². The molecule has 1 amide bonds. The zero-order valence-corrected chi connectivity index (χ0v) is 17.1. The molecule has 2 aromatic rings. The summed E-state index contributed by atoms with van der Waals surface area (Å²) in [5.41, 5.74) is 3.54. The van der Waals surface area contributed by atoms with Crippen LogP contribution in [-0.2, 0) is 4.79 Å². The van der Waals surface area contributed by atoms with Gasteiger partial charge in [-0.2, -0.15) is 0 Å². The molecule has 5 nitrogen and oxygen atoms in total. The molecule has 0 unspecified atom stereocenters. The minimum atomic E-state index is 0.196. The first-order chi connectivity index (χ1) is 12.4. The van der Waals surface area contributed by atoms with Gasteiger partial charge in [-0.25, -0.2) is 0 Å². The Labute approximate surface area is 160 Å². The van der Waals surface area contributed by atoms with Crippen LogP contribution in [0.2, 0.25) is 0 Å². The fourth-order valence-electron chi connectivity index (χ4n) is 3.71. The van der Waals surface area contributed by atoms with E-state index >= 15 is 0 Å². The van der Waals surface area contributed by atoms with E-state index in [2.05, 4.69) is 61.0 Å². The second-order valence-electron chi connectivity index (χ2n) is 7.35. The highest BCUT2D eigenvalue weighted by molar-refractivity contribution is 7.99. The van der Waals surface area contributed by atoms with E-state index in [1.807, 2.05) is 11.5 Å². The third-order valence-electron chi connectivity index (χ3n) is 5.35. The summed E-state index contributed by atoms with van der Waals surface area (Å²) in [7, 11) is 0. The molecule has 26 heavy (non-hydrogen) atoms. The number of piperidine rings is 1. The number of benzene rings is 1. The smallest absolute Gasteiger partial charge is 0.233 e. The first-order valence-corrected chi connectivity index (χ1v) is 10.3. The lowest BCUT2D eigenvalue weighted by Gasteiger charge is -2.39. The highest BCUT2D eigenvalue weighted by atomic mass is 32.2. The minimum Gasteiger partial charge on any atom is -0.337 e. The molecule has 6 heteroatoms. The third-order valence-corrected chi connectivity index (χ3v) is 6.26. The second kappa shape index (κ2) is 7.82. The van der Waals surface area contributed by atoms with Crippen LogP contribution in [-0.4, -0.2) is 43.4 Å². The Bertz CT molecular complexity index is 791. The average molecular weight is 373 g/mol. The molecule has 1 fully saturated rings. The van der Waals surface area contributed by atoms with Gasteiger partial charge < -0.3 is 4.90 Å². The lowest BCUT2D eigenvalue weighted by molar-refractivity contribution is -0.134. The van der Waals surface area contributed by atoms with Crippen molar-refractivity contribution in [3.8, 4) is 5.69 Å². The number of amides is 1. The largest absolute Gasteiger partial charge is 0.337 e. The van der Waals surface area contributed by atoms with E-state index in [0.29, 0.717) is 17.8 Å². The fourth-order valence-corrected chi connectivity index (χ4v) is 4.58. The van der Waals surface area contributed by atoms with Gasteiger partial charge in [0.25, 0.3) is 0 Å². The van der Waals surface area contributed by atoms with Crippen LogP contribution in [0.1, 0.15) is 50.1 Å². The summed E-state index contributed by atoms with van der Waals surface area (Å²) in [4.78, 5) is 14.8. The zero-order chi connectivity index (χ0) is 18.8. The molecule has 1 aromatic carbocycles. The summed E-state index contributed by atoms with van der Waals surface area (Å²) < 4.78 is 2.04. The SMILES string of the molecule is Cc1ccc(-n2c(C)nnc2SCC(=O)N2[C@H](C)CCC[C@H]2C)cc1C. The molecule has 0 saturated carbocycles. The first kappa shape index (κ1) is 19.0. The molecular weight excluding hydrogens is 344 g/mol. The van der Waals surface area contributed by atoms with Crippen molar-refractivity contribution in [2.45, 2.75) is 71.1 Å². The number of rotatable bonds is 4. The molecule has 140 valence electrons. The Morgan fingerprint density at radius 1 is 1.12 bits per heavy atom. The molecule has 1 aromatic heterocycles. The molecule has 0 radical (unpaired) electrons. The van der Waals surface area contributed by atoms with Gasteiger partial charge in [0.2, 0.25) is 5.91 Å². The Morgan fingerprint density at radius 3 is 2.46 bits per heavy atom. The predicted octanol–water partition coefficient (Wildman–Crippen LogP) is 4.07. The Kier molecular flexibility index (Phi) is 5.70. The van der Waals surface area contributed by atoms with E-state index in [1.165, 1.54) is 29.3 Å². The Hall–Kier alpha value is -1.82. The predicted molar refractivity (Wildman–Crippen MR) is 106 cm³/mol. The van der Waals surface area contributed by atoms with E-state index < -0.39 is 0 Å². The van der Waals surface area contributed by atoms with E-state index in [1.54, 1.807) is 0 Å². The van der Waals surface area contributed by atoms with Crippen LogP contribution < -0.4 is 0 Å². The number of likely N-dealkylation sites (tertiary alicyclic amines) is 1. The van der Waals surface area contributed by atoms with Crippen molar-refractivity contribution in [3.05, 3.63) is 35.2 Å². The van der Waals surface area contributed by atoms with Crippen LogP contribution in [0, 0.1) is 20.8 Å². The normalized spacial score (nSPS) is 20.4. The number of hydrogen-bond acceptors (Lipinski definition) is 4. The maximum atomic E-state index is 12.8. The third kappa shape index (κ3) is 3.80. The van der Waals surface area contributed by atoms with Gasteiger partial charge in [-0.15, -0.1) is 10.2 Å². The van der Waals surface area contributed by atoms with Gasteiger partial charge >= 0.3 is 0 Å². The molecule has 0 aliphatic carbocycles. The number of thioether (sulfide) groups is 1. The maximum Gasteiger partial charge on any atom is 0.233 e. The van der Waals surface area contributed by atoms with Gasteiger partial charge in [-0.05, 0) is 77.1 Å². The van der Waals surface area contributed by atoms with Crippen LogP contribution in [0.15, 0.2) is 23.4 Å². The summed E-state index contributed by atoms with van der Waals surface area (Å²) in [5, 5.41) is 9.31. The lowest BCUT2D eigenvalue weighted by atomic mass is 9.98. The number of carbonyl (C=O) groups excluding carboxylic acids is 1. The summed E-state index contributed by atoms with van der Waals surface area (Å²) in [6, 6.07) is 6.99. The molecule has 0 N–H and O–H groups in total. The van der Waals surface area contributed by atoms with Crippen molar-refractivity contribution in [2.75, 3.05) is 5.75 Å². The Morgan fingerprint density at radius 2 is 1.81 bits per heavy atom. The van der Waals surface area contributed by atoms with Gasteiger partial charge in [0.1, 0.15) is 5.82 Å². The number of hydrogen-bond donors (Lipinski definition) is 0. The maximum absolute atomic E-state index is 12.8. The molecule has 1 aliphatic rings. The minimum absolute atomic E-state index is 0.196. The van der Waals surface area contributed by atoms with Crippen molar-refractivity contribution in [1.82, 2.24) is 19.7 Å².